The van der Waals surface area contributed by atoms with Crippen LogP contribution in [0.5, 0.6) is 0 Å². The molecule has 1 unspecified atom stereocenters. The molecular weight excluding hydrogens is 224 g/mol. The minimum absolute atomic E-state index is 0.728. The molecule has 2 N–H and O–H groups in total. The molecule has 2 rings (SSSR count). The van der Waals surface area contributed by atoms with E-state index in [2.05, 4.69) is 34.4 Å². The van der Waals surface area contributed by atoms with Crippen LogP contribution in [0.15, 0.2) is 0 Å². The van der Waals surface area contributed by atoms with Gasteiger partial charge in [-0.3, -0.25) is 4.90 Å². The van der Waals surface area contributed by atoms with E-state index in [1.807, 2.05) is 0 Å². The molecular formula is C14H30N4. The largest absolute Gasteiger partial charge is 0.314 e. The molecule has 2 aliphatic heterocycles. The molecule has 18 heavy (non-hydrogen) atoms. The zero-order valence-electron chi connectivity index (χ0n) is 12.1. The van der Waals surface area contributed by atoms with Crippen LogP contribution < -0.4 is 10.6 Å². The average Bonchev–Trinajstić information content (AvgIpc) is 2.42. The molecule has 0 bridgehead atoms. The van der Waals surface area contributed by atoms with Crippen molar-refractivity contribution in [1.29, 1.82) is 0 Å². The van der Waals surface area contributed by atoms with Gasteiger partial charge in [-0.15, -0.1) is 0 Å². The highest BCUT2D eigenvalue weighted by molar-refractivity contribution is 4.78. The van der Waals surface area contributed by atoms with Crippen molar-refractivity contribution in [3.8, 4) is 0 Å². The van der Waals surface area contributed by atoms with E-state index in [0.717, 1.165) is 25.2 Å². The number of nitrogens with zero attached hydrogens (tertiary/aromatic N) is 2. The Bertz CT molecular complexity index is 220. The van der Waals surface area contributed by atoms with E-state index >= 15 is 0 Å². The molecule has 2 fully saturated rings. The van der Waals surface area contributed by atoms with Crippen LogP contribution in [0.2, 0.25) is 0 Å². The lowest BCUT2D eigenvalue weighted by Gasteiger charge is -2.34. The maximum Gasteiger partial charge on any atom is 0.0110 e. The zero-order chi connectivity index (χ0) is 12.8. The van der Waals surface area contributed by atoms with Crippen molar-refractivity contribution in [2.75, 3.05) is 52.9 Å². The zero-order valence-corrected chi connectivity index (χ0v) is 12.1. The van der Waals surface area contributed by atoms with Crippen molar-refractivity contribution >= 4 is 0 Å². The highest BCUT2D eigenvalue weighted by Crippen LogP contribution is 2.09. The standard InChI is InChI=1S/C14H30N4/c1-13(18-11-7-15-8-12-18)3-6-16-14-4-9-17(2)10-5-14/h13-16H,3-12H2,1-2H3. The summed E-state index contributed by atoms with van der Waals surface area (Å²) in [5, 5.41) is 7.16. The molecule has 2 saturated heterocycles. The molecule has 0 radical (unpaired) electrons. The minimum Gasteiger partial charge on any atom is -0.314 e. The van der Waals surface area contributed by atoms with Crippen LogP contribution in [0.3, 0.4) is 0 Å². The summed E-state index contributed by atoms with van der Waals surface area (Å²) in [7, 11) is 2.22. The maximum atomic E-state index is 3.74. The molecule has 2 aliphatic rings. The number of likely N-dealkylation sites (tertiary alicyclic amines) is 1. The molecule has 106 valence electrons. The lowest BCUT2D eigenvalue weighted by atomic mass is 10.1. The van der Waals surface area contributed by atoms with Gasteiger partial charge in [-0.25, -0.2) is 0 Å². The van der Waals surface area contributed by atoms with Crippen LogP contribution in [0, 0.1) is 0 Å². The van der Waals surface area contributed by atoms with Gasteiger partial charge in [-0.05, 0) is 52.9 Å². The van der Waals surface area contributed by atoms with Crippen molar-refractivity contribution < 1.29 is 0 Å². The molecule has 0 aromatic rings. The maximum absolute atomic E-state index is 3.74. The quantitative estimate of drug-likeness (QED) is 0.741. The van der Waals surface area contributed by atoms with E-state index in [-0.39, 0.29) is 0 Å². The molecule has 0 aromatic carbocycles. The van der Waals surface area contributed by atoms with Crippen molar-refractivity contribution in [2.24, 2.45) is 0 Å². The summed E-state index contributed by atoms with van der Waals surface area (Å²) in [6.45, 7) is 10.8. The Labute approximate surface area is 112 Å². The van der Waals surface area contributed by atoms with Gasteiger partial charge in [0.15, 0.2) is 0 Å². The van der Waals surface area contributed by atoms with Gasteiger partial charge in [0.25, 0.3) is 0 Å². The molecule has 4 nitrogen and oxygen atoms in total. The van der Waals surface area contributed by atoms with Crippen LogP contribution in [-0.4, -0.2) is 74.7 Å². The second-order valence-electron chi connectivity index (χ2n) is 5.96. The van der Waals surface area contributed by atoms with Crippen LogP contribution in [-0.2, 0) is 0 Å². The third kappa shape index (κ3) is 4.50. The smallest absolute Gasteiger partial charge is 0.0110 e. The molecule has 1 atom stereocenters. The fourth-order valence-corrected chi connectivity index (χ4v) is 3.01. The lowest BCUT2D eigenvalue weighted by molar-refractivity contribution is 0.172. The number of hydrogen-bond acceptors (Lipinski definition) is 4. The van der Waals surface area contributed by atoms with Crippen LogP contribution in [0.25, 0.3) is 0 Å². The first-order valence-corrected chi connectivity index (χ1v) is 7.62. The highest BCUT2D eigenvalue weighted by atomic mass is 15.2. The predicted octanol–water partition coefficient (Wildman–Crippen LogP) is 0.354. The van der Waals surface area contributed by atoms with E-state index in [1.54, 1.807) is 0 Å². The lowest BCUT2D eigenvalue weighted by Crippen LogP contribution is -2.48. The predicted molar refractivity (Wildman–Crippen MR) is 77.0 cm³/mol. The second kappa shape index (κ2) is 7.43. The SMILES string of the molecule is CC(CCNC1CCN(C)CC1)N1CCNCC1. The Balaban J connectivity index is 1.56. The average molecular weight is 254 g/mol. The number of piperazine rings is 1. The van der Waals surface area contributed by atoms with Crippen LogP contribution >= 0.6 is 0 Å². The summed E-state index contributed by atoms with van der Waals surface area (Å²) in [5.41, 5.74) is 0. The summed E-state index contributed by atoms with van der Waals surface area (Å²) in [4.78, 5) is 5.05. The fourth-order valence-electron chi connectivity index (χ4n) is 3.01. The number of hydrogen-bond donors (Lipinski definition) is 2. The van der Waals surface area contributed by atoms with Crippen LogP contribution in [0.4, 0.5) is 0 Å². The fraction of sp³-hybridized carbons (Fsp3) is 1.00. The third-order valence-corrected chi connectivity index (χ3v) is 4.49. The van der Waals surface area contributed by atoms with Crippen molar-refractivity contribution in [1.82, 2.24) is 20.4 Å². The summed E-state index contributed by atoms with van der Waals surface area (Å²) in [6, 6.07) is 1.49. The topological polar surface area (TPSA) is 30.5 Å². The molecule has 0 saturated carbocycles. The van der Waals surface area contributed by atoms with E-state index in [4.69, 9.17) is 0 Å². The first-order valence-electron chi connectivity index (χ1n) is 7.62. The summed E-state index contributed by atoms with van der Waals surface area (Å²) in [6.07, 6.45) is 3.92. The Morgan fingerprint density at radius 2 is 1.83 bits per heavy atom. The van der Waals surface area contributed by atoms with E-state index < -0.39 is 0 Å². The van der Waals surface area contributed by atoms with E-state index in [0.29, 0.717) is 0 Å². The summed E-state index contributed by atoms with van der Waals surface area (Å²) >= 11 is 0. The van der Waals surface area contributed by atoms with Crippen molar-refractivity contribution in [2.45, 2.75) is 38.3 Å². The highest BCUT2D eigenvalue weighted by Gasteiger charge is 2.18. The Morgan fingerprint density at radius 3 is 2.50 bits per heavy atom. The van der Waals surface area contributed by atoms with Gasteiger partial charge >= 0.3 is 0 Å². The molecule has 4 heteroatoms. The Morgan fingerprint density at radius 1 is 1.17 bits per heavy atom. The summed E-state index contributed by atoms with van der Waals surface area (Å²) < 4.78 is 0. The van der Waals surface area contributed by atoms with Gasteiger partial charge in [0.1, 0.15) is 0 Å². The molecule has 0 amide bonds. The Kier molecular flexibility index (Phi) is 5.89. The minimum atomic E-state index is 0.728. The summed E-state index contributed by atoms with van der Waals surface area (Å²) in [5.74, 6) is 0. The van der Waals surface area contributed by atoms with Crippen molar-refractivity contribution in [3.05, 3.63) is 0 Å². The number of piperidine rings is 1. The molecule has 2 heterocycles. The monoisotopic (exact) mass is 254 g/mol. The Hall–Kier alpha value is -0.160. The molecule has 0 spiro atoms. The molecule has 0 aliphatic carbocycles. The number of rotatable bonds is 5. The van der Waals surface area contributed by atoms with Gasteiger partial charge in [0.2, 0.25) is 0 Å². The van der Waals surface area contributed by atoms with Crippen LogP contribution in [0.1, 0.15) is 26.2 Å². The van der Waals surface area contributed by atoms with Gasteiger partial charge in [-0.2, -0.15) is 0 Å². The van der Waals surface area contributed by atoms with Gasteiger partial charge in [0, 0.05) is 38.3 Å². The van der Waals surface area contributed by atoms with E-state index in [9.17, 15) is 0 Å². The normalized spacial score (nSPS) is 26.3. The third-order valence-electron chi connectivity index (χ3n) is 4.49. The number of nitrogens with one attached hydrogen (secondary N) is 2. The van der Waals surface area contributed by atoms with Crippen molar-refractivity contribution in [3.63, 3.8) is 0 Å². The van der Waals surface area contributed by atoms with Gasteiger partial charge in [0.05, 0.1) is 0 Å². The second-order valence-corrected chi connectivity index (χ2v) is 5.96. The molecule has 0 aromatic heterocycles. The first kappa shape index (κ1) is 14.3. The van der Waals surface area contributed by atoms with E-state index in [1.165, 1.54) is 52.0 Å². The van der Waals surface area contributed by atoms with Gasteiger partial charge in [-0.1, -0.05) is 0 Å². The van der Waals surface area contributed by atoms with Gasteiger partial charge < -0.3 is 15.5 Å². The first-order chi connectivity index (χ1) is 8.75.